The number of H-pyrrole nitrogens is 1. The van der Waals surface area contributed by atoms with E-state index in [1.54, 1.807) is 14.2 Å². The molecule has 1 aromatic heterocycles. The highest BCUT2D eigenvalue weighted by atomic mass is 35.5. The van der Waals surface area contributed by atoms with Crippen LogP contribution in [0.3, 0.4) is 0 Å². The Morgan fingerprint density at radius 1 is 1.29 bits per heavy atom. The average molecular weight is 308 g/mol. The summed E-state index contributed by atoms with van der Waals surface area (Å²) in [6, 6.07) is 3.78. The van der Waals surface area contributed by atoms with Gasteiger partial charge in [0, 0.05) is 36.3 Å². The van der Waals surface area contributed by atoms with Crippen LogP contribution in [0.25, 0.3) is 11.3 Å². The van der Waals surface area contributed by atoms with Gasteiger partial charge in [0.2, 0.25) is 0 Å². The summed E-state index contributed by atoms with van der Waals surface area (Å²) in [6.07, 6.45) is 0.986. The van der Waals surface area contributed by atoms with Crippen LogP contribution in [0.4, 0.5) is 0 Å². The fourth-order valence-electron chi connectivity index (χ4n) is 2.72. The van der Waals surface area contributed by atoms with Crippen LogP contribution in [0.2, 0.25) is 5.02 Å². The summed E-state index contributed by atoms with van der Waals surface area (Å²) in [6.45, 7) is 1.93. The molecule has 6 heteroatoms. The van der Waals surface area contributed by atoms with E-state index >= 15 is 0 Å². The predicted octanol–water partition coefficient (Wildman–Crippen LogP) is 2.74. The van der Waals surface area contributed by atoms with Gasteiger partial charge in [-0.05, 0) is 19.2 Å². The first kappa shape index (κ1) is 14.2. The summed E-state index contributed by atoms with van der Waals surface area (Å²) in [4.78, 5) is 2.28. The Hall–Kier alpha value is -1.72. The number of aromatic amines is 1. The van der Waals surface area contributed by atoms with Gasteiger partial charge in [-0.1, -0.05) is 11.6 Å². The molecule has 21 heavy (non-hydrogen) atoms. The fraction of sp³-hybridized carbons (Fsp3) is 0.400. The molecule has 1 aromatic carbocycles. The first-order valence-electron chi connectivity index (χ1n) is 6.80. The zero-order valence-electron chi connectivity index (χ0n) is 12.4. The lowest BCUT2D eigenvalue weighted by molar-refractivity contribution is 0.312. The van der Waals surface area contributed by atoms with Crippen LogP contribution in [0.15, 0.2) is 12.1 Å². The third-order valence-electron chi connectivity index (χ3n) is 3.83. The minimum absolute atomic E-state index is 0.521. The molecule has 2 aromatic rings. The first-order valence-corrected chi connectivity index (χ1v) is 7.18. The van der Waals surface area contributed by atoms with Gasteiger partial charge < -0.3 is 14.4 Å². The smallest absolute Gasteiger partial charge is 0.179 e. The van der Waals surface area contributed by atoms with Crippen molar-refractivity contribution >= 4 is 11.6 Å². The van der Waals surface area contributed by atoms with Gasteiger partial charge in [-0.15, -0.1) is 0 Å². The van der Waals surface area contributed by atoms with Gasteiger partial charge in [0.15, 0.2) is 11.5 Å². The molecule has 0 saturated heterocycles. The molecule has 3 rings (SSSR count). The van der Waals surface area contributed by atoms with Gasteiger partial charge >= 0.3 is 0 Å². The highest BCUT2D eigenvalue weighted by Crippen LogP contribution is 2.40. The van der Waals surface area contributed by atoms with Crippen molar-refractivity contribution in [3.05, 3.63) is 28.4 Å². The molecule has 0 bridgehead atoms. The number of hydrogen-bond donors (Lipinski definition) is 1. The number of aromatic nitrogens is 2. The van der Waals surface area contributed by atoms with Gasteiger partial charge in [-0.2, -0.15) is 5.10 Å². The number of benzene rings is 1. The number of ether oxygens (including phenoxy) is 2. The molecule has 0 aliphatic carbocycles. The number of nitrogens with zero attached hydrogens (tertiary/aromatic N) is 2. The summed E-state index contributed by atoms with van der Waals surface area (Å²) in [5, 5.41) is 8.13. The Morgan fingerprint density at radius 3 is 2.81 bits per heavy atom. The summed E-state index contributed by atoms with van der Waals surface area (Å²) in [5.74, 6) is 1.16. The molecule has 0 atom stereocenters. The van der Waals surface area contributed by atoms with E-state index in [2.05, 4.69) is 22.1 Å². The maximum Gasteiger partial charge on any atom is 0.179 e. The fourth-order valence-corrected chi connectivity index (χ4v) is 3.01. The quantitative estimate of drug-likeness (QED) is 0.947. The Bertz CT molecular complexity index is 669. The van der Waals surface area contributed by atoms with E-state index in [0.717, 1.165) is 30.8 Å². The van der Waals surface area contributed by atoms with Crippen molar-refractivity contribution in [1.82, 2.24) is 15.1 Å². The maximum atomic E-state index is 6.29. The molecule has 0 fully saturated rings. The van der Waals surface area contributed by atoms with Gasteiger partial charge in [0.25, 0.3) is 0 Å². The molecule has 112 valence electrons. The third-order valence-corrected chi connectivity index (χ3v) is 4.11. The van der Waals surface area contributed by atoms with E-state index in [0.29, 0.717) is 16.5 Å². The Labute approximate surface area is 128 Å². The Kier molecular flexibility index (Phi) is 3.78. The lowest BCUT2D eigenvalue weighted by Crippen LogP contribution is -2.26. The number of methoxy groups -OCH3 is 2. The van der Waals surface area contributed by atoms with Crippen molar-refractivity contribution < 1.29 is 9.47 Å². The standard InChI is InChI=1S/C15H18ClN3O2/c1-19-5-4-12-10(8-19)14(18-17-12)9-6-11(16)15(21-3)13(7-9)20-2/h6-7H,4-5,8H2,1-3H3,(H,17,18). The van der Waals surface area contributed by atoms with E-state index < -0.39 is 0 Å². The maximum absolute atomic E-state index is 6.29. The number of nitrogens with one attached hydrogen (secondary N) is 1. The van der Waals surface area contributed by atoms with Crippen molar-refractivity contribution in [1.29, 1.82) is 0 Å². The van der Waals surface area contributed by atoms with Crippen LogP contribution in [0.1, 0.15) is 11.3 Å². The Morgan fingerprint density at radius 2 is 2.10 bits per heavy atom. The number of rotatable bonds is 3. The largest absolute Gasteiger partial charge is 0.493 e. The molecule has 2 heterocycles. The van der Waals surface area contributed by atoms with Gasteiger partial charge in [-0.25, -0.2) is 0 Å². The number of hydrogen-bond acceptors (Lipinski definition) is 4. The summed E-state index contributed by atoms with van der Waals surface area (Å²) >= 11 is 6.29. The molecule has 0 radical (unpaired) electrons. The number of likely N-dealkylation sites (N-methyl/N-ethyl adjacent to an activating group) is 1. The molecule has 5 nitrogen and oxygen atoms in total. The van der Waals surface area contributed by atoms with Crippen LogP contribution in [-0.2, 0) is 13.0 Å². The molecule has 1 aliphatic rings. The van der Waals surface area contributed by atoms with Crippen molar-refractivity contribution in [3.8, 4) is 22.8 Å². The van der Waals surface area contributed by atoms with Crippen LogP contribution in [-0.4, -0.2) is 42.9 Å². The normalized spacial score (nSPS) is 14.9. The molecule has 0 unspecified atom stereocenters. The molecule has 1 aliphatic heterocycles. The predicted molar refractivity (Wildman–Crippen MR) is 82.2 cm³/mol. The highest BCUT2D eigenvalue weighted by Gasteiger charge is 2.22. The van der Waals surface area contributed by atoms with Crippen molar-refractivity contribution in [2.45, 2.75) is 13.0 Å². The van der Waals surface area contributed by atoms with E-state index in [1.807, 2.05) is 12.1 Å². The second-order valence-corrected chi connectivity index (χ2v) is 5.62. The van der Waals surface area contributed by atoms with Crippen LogP contribution in [0.5, 0.6) is 11.5 Å². The van der Waals surface area contributed by atoms with Gasteiger partial charge in [0.1, 0.15) is 0 Å². The summed E-state index contributed by atoms with van der Waals surface area (Å²) in [7, 11) is 5.29. The second kappa shape index (κ2) is 5.58. The monoisotopic (exact) mass is 307 g/mol. The minimum atomic E-state index is 0.521. The van der Waals surface area contributed by atoms with Crippen molar-refractivity contribution in [2.24, 2.45) is 0 Å². The lowest BCUT2D eigenvalue weighted by atomic mass is 10.0. The van der Waals surface area contributed by atoms with Gasteiger partial charge in [-0.3, -0.25) is 5.10 Å². The number of halogens is 1. The molecule has 0 spiro atoms. The summed E-state index contributed by atoms with van der Waals surface area (Å²) in [5.41, 5.74) is 4.30. The van der Waals surface area contributed by atoms with Crippen LogP contribution < -0.4 is 9.47 Å². The van der Waals surface area contributed by atoms with Gasteiger partial charge in [0.05, 0.1) is 24.9 Å². The zero-order chi connectivity index (χ0) is 15.0. The van der Waals surface area contributed by atoms with E-state index in [1.165, 1.54) is 11.3 Å². The Balaban J connectivity index is 2.09. The molecular formula is C15H18ClN3O2. The number of fused-ring (bicyclic) bond motifs is 1. The van der Waals surface area contributed by atoms with Crippen LogP contribution in [0, 0.1) is 0 Å². The lowest BCUT2D eigenvalue weighted by Gasteiger charge is -2.22. The van der Waals surface area contributed by atoms with Crippen molar-refractivity contribution in [3.63, 3.8) is 0 Å². The zero-order valence-corrected chi connectivity index (χ0v) is 13.1. The average Bonchev–Trinajstić information content (AvgIpc) is 2.89. The van der Waals surface area contributed by atoms with E-state index in [-0.39, 0.29) is 0 Å². The highest BCUT2D eigenvalue weighted by molar-refractivity contribution is 6.32. The van der Waals surface area contributed by atoms with Crippen molar-refractivity contribution in [2.75, 3.05) is 27.8 Å². The van der Waals surface area contributed by atoms with E-state index in [9.17, 15) is 0 Å². The third kappa shape index (κ3) is 2.47. The molecule has 0 amide bonds. The minimum Gasteiger partial charge on any atom is -0.493 e. The molecular weight excluding hydrogens is 290 g/mol. The second-order valence-electron chi connectivity index (χ2n) is 5.21. The topological polar surface area (TPSA) is 50.4 Å². The first-order chi connectivity index (χ1) is 10.1. The SMILES string of the molecule is COc1cc(-c2n[nH]c3c2CN(C)CC3)cc(Cl)c1OC. The van der Waals surface area contributed by atoms with Crippen LogP contribution >= 0.6 is 11.6 Å². The summed E-state index contributed by atoms with van der Waals surface area (Å²) < 4.78 is 10.6. The molecule has 0 saturated carbocycles. The van der Waals surface area contributed by atoms with E-state index in [4.69, 9.17) is 21.1 Å². The molecule has 1 N–H and O–H groups in total.